The Bertz CT molecular complexity index is 1330. The molecular formula is C26H22O4. The molecule has 150 valence electrons. The molecule has 0 atom stereocenters. The predicted molar refractivity (Wildman–Crippen MR) is 118 cm³/mol. The molecule has 0 radical (unpaired) electrons. The van der Waals surface area contributed by atoms with Gasteiger partial charge in [0.05, 0.1) is 10.9 Å². The van der Waals surface area contributed by atoms with Crippen LogP contribution in [0.15, 0.2) is 69.9 Å². The second-order valence-corrected chi connectivity index (χ2v) is 7.61. The monoisotopic (exact) mass is 398 g/mol. The first-order chi connectivity index (χ1) is 14.3. The van der Waals surface area contributed by atoms with E-state index in [9.17, 15) is 9.59 Å². The van der Waals surface area contributed by atoms with Crippen LogP contribution in [-0.4, -0.2) is 5.97 Å². The molecule has 30 heavy (non-hydrogen) atoms. The maximum Gasteiger partial charge on any atom is 0.344 e. The summed E-state index contributed by atoms with van der Waals surface area (Å²) in [5.74, 6) is -0.427. The van der Waals surface area contributed by atoms with Crippen molar-refractivity contribution >= 4 is 16.9 Å². The number of hydrogen-bond acceptors (Lipinski definition) is 4. The van der Waals surface area contributed by atoms with Crippen LogP contribution in [0.4, 0.5) is 0 Å². The van der Waals surface area contributed by atoms with E-state index in [1.807, 2.05) is 76.2 Å². The molecule has 1 aromatic heterocycles. The molecule has 4 rings (SSSR count). The highest BCUT2D eigenvalue weighted by Crippen LogP contribution is 2.33. The summed E-state index contributed by atoms with van der Waals surface area (Å²) in [5.41, 5.74) is 4.82. The third-order valence-electron chi connectivity index (χ3n) is 5.17. The summed E-state index contributed by atoms with van der Waals surface area (Å²) in [6, 6.07) is 18.4. The molecule has 0 spiro atoms. The summed E-state index contributed by atoms with van der Waals surface area (Å²) < 4.78 is 11.8. The summed E-state index contributed by atoms with van der Waals surface area (Å²) >= 11 is 0. The van der Waals surface area contributed by atoms with E-state index in [4.69, 9.17) is 9.15 Å². The van der Waals surface area contributed by atoms with Crippen molar-refractivity contribution in [3.05, 3.63) is 98.7 Å². The Morgan fingerprint density at radius 1 is 0.833 bits per heavy atom. The normalized spacial score (nSPS) is 10.9. The molecule has 4 heteroatoms. The fraction of sp³-hybridized carbons (Fsp3) is 0.154. The molecule has 0 aliphatic carbocycles. The number of carbonyl (C=O) groups excluding carboxylic acids is 1. The lowest BCUT2D eigenvalue weighted by Crippen LogP contribution is -2.17. The first-order valence-corrected chi connectivity index (χ1v) is 9.78. The van der Waals surface area contributed by atoms with Gasteiger partial charge in [-0.15, -0.1) is 0 Å². The molecule has 0 amide bonds. The van der Waals surface area contributed by atoms with Crippen molar-refractivity contribution in [1.29, 1.82) is 0 Å². The Hall–Kier alpha value is -3.66. The van der Waals surface area contributed by atoms with Gasteiger partial charge in [-0.25, -0.2) is 4.79 Å². The number of ether oxygens (including phenoxy) is 1. The van der Waals surface area contributed by atoms with E-state index in [0.717, 1.165) is 22.3 Å². The second kappa shape index (κ2) is 7.64. The van der Waals surface area contributed by atoms with Gasteiger partial charge in [-0.3, -0.25) is 4.79 Å². The quantitative estimate of drug-likeness (QED) is 0.402. The number of esters is 1. The number of carbonyl (C=O) groups is 1. The van der Waals surface area contributed by atoms with Crippen LogP contribution in [-0.2, 0) is 0 Å². The molecule has 0 aliphatic rings. The SMILES string of the molecule is Cc1ccc(-c2oc3cc(C)cc(C)c3c(=O)c2OC(=O)c2ccccc2C)cc1. The van der Waals surface area contributed by atoms with Crippen LogP contribution in [0.25, 0.3) is 22.3 Å². The van der Waals surface area contributed by atoms with E-state index >= 15 is 0 Å². The van der Waals surface area contributed by atoms with Crippen LogP contribution in [0.1, 0.15) is 32.6 Å². The highest BCUT2D eigenvalue weighted by atomic mass is 16.5. The van der Waals surface area contributed by atoms with Crippen LogP contribution < -0.4 is 10.2 Å². The van der Waals surface area contributed by atoms with Crippen molar-refractivity contribution in [3.63, 3.8) is 0 Å². The average Bonchev–Trinajstić information content (AvgIpc) is 2.70. The molecule has 4 aromatic rings. The van der Waals surface area contributed by atoms with Crippen LogP contribution >= 0.6 is 0 Å². The fourth-order valence-corrected chi connectivity index (χ4v) is 3.61. The highest BCUT2D eigenvalue weighted by molar-refractivity contribution is 5.94. The molecule has 1 heterocycles. The summed E-state index contributed by atoms with van der Waals surface area (Å²) in [5, 5.41) is 0.420. The molecule has 0 unspecified atom stereocenters. The predicted octanol–water partition coefficient (Wildman–Crippen LogP) is 5.91. The van der Waals surface area contributed by atoms with Crippen LogP contribution in [0.2, 0.25) is 0 Å². The van der Waals surface area contributed by atoms with Gasteiger partial charge in [0.2, 0.25) is 11.2 Å². The van der Waals surface area contributed by atoms with Crippen LogP contribution in [0, 0.1) is 27.7 Å². The third-order valence-corrected chi connectivity index (χ3v) is 5.17. The molecule has 0 saturated heterocycles. The Balaban J connectivity index is 1.96. The lowest BCUT2D eigenvalue weighted by Gasteiger charge is -2.13. The van der Waals surface area contributed by atoms with Crippen molar-refractivity contribution in [1.82, 2.24) is 0 Å². The highest BCUT2D eigenvalue weighted by Gasteiger charge is 2.23. The zero-order valence-electron chi connectivity index (χ0n) is 17.4. The van der Waals surface area contributed by atoms with Gasteiger partial charge in [-0.1, -0.05) is 54.1 Å². The lowest BCUT2D eigenvalue weighted by molar-refractivity contribution is 0.0730. The molecule has 0 fully saturated rings. The van der Waals surface area contributed by atoms with Crippen molar-refractivity contribution in [2.24, 2.45) is 0 Å². The van der Waals surface area contributed by atoms with E-state index in [1.54, 1.807) is 12.1 Å². The largest absolute Gasteiger partial charge is 0.452 e. The number of aryl methyl sites for hydroxylation is 4. The molecular weight excluding hydrogens is 376 g/mol. The Kier molecular flexibility index (Phi) is 5.00. The van der Waals surface area contributed by atoms with Crippen LogP contribution in [0.3, 0.4) is 0 Å². The minimum absolute atomic E-state index is 0.0911. The van der Waals surface area contributed by atoms with Gasteiger partial charge in [-0.05, 0) is 56.5 Å². The van der Waals surface area contributed by atoms with E-state index < -0.39 is 5.97 Å². The summed E-state index contributed by atoms with van der Waals surface area (Å²) in [7, 11) is 0. The van der Waals surface area contributed by atoms with Crippen molar-refractivity contribution in [2.45, 2.75) is 27.7 Å². The van der Waals surface area contributed by atoms with E-state index in [2.05, 4.69) is 0 Å². The molecule has 0 aliphatic heterocycles. The van der Waals surface area contributed by atoms with Gasteiger partial charge >= 0.3 is 5.97 Å². The van der Waals surface area contributed by atoms with Gasteiger partial charge < -0.3 is 9.15 Å². The van der Waals surface area contributed by atoms with E-state index in [1.165, 1.54) is 0 Å². The maximum absolute atomic E-state index is 13.4. The van der Waals surface area contributed by atoms with Gasteiger partial charge in [-0.2, -0.15) is 0 Å². The molecule has 3 aromatic carbocycles. The molecule has 4 nitrogen and oxygen atoms in total. The van der Waals surface area contributed by atoms with Gasteiger partial charge in [0, 0.05) is 5.56 Å². The fourth-order valence-electron chi connectivity index (χ4n) is 3.61. The first kappa shape index (κ1) is 19.6. The minimum Gasteiger partial charge on any atom is -0.452 e. The van der Waals surface area contributed by atoms with E-state index in [-0.39, 0.29) is 16.9 Å². The van der Waals surface area contributed by atoms with Crippen LogP contribution in [0.5, 0.6) is 5.75 Å². The van der Waals surface area contributed by atoms with Gasteiger partial charge in [0.1, 0.15) is 5.58 Å². The van der Waals surface area contributed by atoms with Crippen molar-refractivity contribution in [3.8, 4) is 17.1 Å². The summed E-state index contributed by atoms with van der Waals surface area (Å²) in [4.78, 5) is 26.3. The third kappa shape index (κ3) is 3.52. The maximum atomic E-state index is 13.4. The zero-order chi connectivity index (χ0) is 21.4. The molecule has 0 N–H and O–H groups in total. The number of fused-ring (bicyclic) bond motifs is 1. The lowest BCUT2D eigenvalue weighted by atomic mass is 10.0. The Labute approximate surface area is 174 Å². The summed E-state index contributed by atoms with van der Waals surface area (Å²) in [6.45, 7) is 7.61. The summed E-state index contributed by atoms with van der Waals surface area (Å²) in [6.07, 6.45) is 0. The second-order valence-electron chi connectivity index (χ2n) is 7.61. The Morgan fingerprint density at radius 2 is 1.53 bits per heavy atom. The van der Waals surface area contributed by atoms with Crippen molar-refractivity contribution in [2.75, 3.05) is 0 Å². The zero-order valence-corrected chi connectivity index (χ0v) is 17.4. The number of rotatable bonds is 3. The number of hydrogen-bond donors (Lipinski definition) is 0. The topological polar surface area (TPSA) is 56.5 Å². The Morgan fingerprint density at radius 3 is 2.23 bits per heavy atom. The average molecular weight is 398 g/mol. The standard InChI is InChI=1S/C26H22O4/c1-15-9-11-19(12-10-15)24-25(30-26(28)20-8-6-5-7-17(20)3)23(27)22-18(4)13-16(2)14-21(22)29-24/h5-14H,1-4H3. The first-order valence-electron chi connectivity index (χ1n) is 9.78. The van der Waals surface area contributed by atoms with Gasteiger partial charge in [0.15, 0.2) is 5.76 Å². The molecule has 0 bridgehead atoms. The van der Waals surface area contributed by atoms with E-state index in [0.29, 0.717) is 22.1 Å². The minimum atomic E-state index is -0.585. The number of benzene rings is 3. The molecule has 0 saturated carbocycles. The van der Waals surface area contributed by atoms with Crippen molar-refractivity contribution < 1.29 is 13.9 Å². The van der Waals surface area contributed by atoms with Gasteiger partial charge in [0.25, 0.3) is 0 Å². The smallest absolute Gasteiger partial charge is 0.344 e.